The summed E-state index contributed by atoms with van der Waals surface area (Å²) >= 11 is 0. The van der Waals surface area contributed by atoms with E-state index in [1.54, 1.807) is 0 Å². The lowest BCUT2D eigenvalue weighted by Gasteiger charge is -2.18. The third-order valence-electron chi connectivity index (χ3n) is 3.82. The summed E-state index contributed by atoms with van der Waals surface area (Å²) in [6.07, 6.45) is 2.85. The molecule has 0 bridgehead atoms. The molecule has 5 heteroatoms. The maximum Gasteiger partial charge on any atom is 0.306 e. The molecule has 3 atom stereocenters. The first-order chi connectivity index (χ1) is 8.41. The van der Waals surface area contributed by atoms with E-state index in [-0.39, 0.29) is 29.7 Å². The Morgan fingerprint density at radius 1 is 1.39 bits per heavy atom. The number of aliphatic carboxylic acids is 1. The van der Waals surface area contributed by atoms with Crippen molar-refractivity contribution in [3.8, 4) is 0 Å². The van der Waals surface area contributed by atoms with E-state index >= 15 is 0 Å². The van der Waals surface area contributed by atoms with Gasteiger partial charge in [0.2, 0.25) is 5.91 Å². The lowest BCUT2D eigenvalue weighted by atomic mass is 9.96. The molecule has 5 nitrogen and oxygen atoms in total. The third kappa shape index (κ3) is 4.29. The van der Waals surface area contributed by atoms with E-state index in [2.05, 4.69) is 5.32 Å². The summed E-state index contributed by atoms with van der Waals surface area (Å²) in [7, 11) is 0. The molecule has 1 fully saturated rings. The Labute approximate surface area is 108 Å². The second kappa shape index (κ2) is 6.73. The Kier molecular flexibility index (Phi) is 5.59. The molecule has 1 amide bonds. The monoisotopic (exact) mass is 256 g/mol. The fourth-order valence-electron chi connectivity index (χ4n) is 2.37. The highest BCUT2D eigenvalue weighted by Crippen LogP contribution is 2.31. The minimum Gasteiger partial charge on any atom is -0.481 e. The standard InChI is InChI=1S/C13H24N2O3/c1-8(2)11(14)6-12(16)15-7-9-4-3-5-10(9)13(17)18/h8-11H,3-7,14H2,1-2H3,(H,15,16)(H,17,18). The molecule has 3 unspecified atom stereocenters. The second-order valence-electron chi connectivity index (χ2n) is 5.55. The first-order valence-electron chi connectivity index (χ1n) is 6.67. The van der Waals surface area contributed by atoms with Crippen LogP contribution >= 0.6 is 0 Å². The van der Waals surface area contributed by atoms with Crippen molar-refractivity contribution in [2.75, 3.05) is 6.54 Å². The highest BCUT2D eigenvalue weighted by molar-refractivity contribution is 5.76. The quantitative estimate of drug-likeness (QED) is 0.660. The van der Waals surface area contributed by atoms with Gasteiger partial charge in [0.15, 0.2) is 0 Å². The molecule has 4 N–H and O–H groups in total. The van der Waals surface area contributed by atoms with Gasteiger partial charge in [0.1, 0.15) is 0 Å². The smallest absolute Gasteiger partial charge is 0.306 e. The number of carbonyl (C=O) groups is 2. The van der Waals surface area contributed by atoms with Crippen LogP contribution in [0, 0.1) is 17.8 Å². The summed E-state index contributed by atoms with van der Waals surface area (Å²) in [5.74, 6) is -0.780. The average molecular weight is 256 g/mol. The maximum absolute atomic E-state index is 11.7. The minimum atomic E-state index is -0.745. The Morgan fingerprint density at radius 2 is 2.06 bits per heavy atom. The summed E-state index contributed by atoms with van der Waals surface area (Å²) < 4.78 is 0. The van der Waals surface area contributed by atoms with Crippen molar-refractivity contribution in [2.24, 2.45) is 23.5 Å². The molecule has 0 aromatic rings. The van der Waals surface area contributed by atoms with Crippen LogP contribution < -0.4 is 11.1 Å². The molecule has 1 saturated carbocycles. The van der Waals surface area contributed by atoms with Gasteiger partial charge in [-0.15, -0.1) is 0 Å². The van der Waals surface area contributed by atoms with Crippen LogP contribution in [0.25, 0.3) is 0 Å². The normalized spacial score (nSPS) is 25.1. The number of carboxylic acids is 1. The first kappa shape index (κ1) is 15.0. The molecule has 104 valence electrons. The number of hydrogen-bond donors (Lipinski definition) is 3. The van der Waals surface area contributed by atoms with Crippen LogP contribution in [0.4, 0.5) is 0 Å². The molecule has 0 aliphatic heterocycles. The molecule has 1 aliphatic rings. The summed E-state index contributed by atoms with van der Waals surface area (Å²) in [4.78, 5) is 22.6. The van der Waals surface area contributed by atoms with Crippen molar-refractivity contribution in [3.63, 3.8) is 0 Å². The lowest BCUT2D eigenvalue weighted by Crippen LogP contribution is -2.38. The van der Waals surface area contributed by atoms with Crippen LogP contribution in [0.2, 0.25) is 0 Å². The van der Waals surface area contributed by atoms with Gasteiger partial charge in [-0.05, 0) is 24.7 Å². The van der Waals surface area contributed by atoms with Gasteiger partial charge in [-0.3, -0.25) is 9.59 Å². The number of carbonyl (C=O) groups excluding carboxylic acids is 1. The summed E-state index contributed by atoms with van der Waals surface area (Å²) in [5.41, 5.74) is 5.82. The first-order valence-corrected chi connectivity index (χ1v) is 6.67. The van der Waals surface area contributed by atoms with E-state index in [4.69, 9.17) is 10.8 Å². The summed E-state index contributed by atoms with van der Waals surface area (Å²) in [5, 5.41) is 11.8. The van der Waals surface area contributed by atoms with Crippen molar-refractivity contribution in [3.05, 3.63) is 0 Å². The number of amides is 1. The zero-order chi connectivity index (χ0) is 13.7. The molecule has 1 rings (SSSR count). The van der Waals surface area contributed by atoms with Crippen LogP contribution in [-0.2, 0) is 9.59 Å². The van der Waals surface area contributed by atoms with E-state index in [9.17, 15) is 9.59 Å². The van der Waals surface area contributed by atoms with Gasteiger partial charge in [0.05, 0.1) is 5.92 Å². The zero-order valence-corrected chi connectivity index (χ0v) is 11.2. The predicted octanol–water partition coefficient (Wildman–Crippen LogP) is 0.977. The van der Waals surface area contributed by atoms with Gasteiger partial charge >= 0.3 is 5.97 Å². The topological polar surface area (TPSA) is 92.4 Å². The number of nitrogens with two attached hydrogens (primary N) is 1. The Hall–Kier alpha value is -1.10. The SMILES string of the molecule is CC(C)C(N)CC(=O)NCC1CCCC1C(=O)O. The van der Waals surface area contributed by atoms with Gasteiger partial charge in [-0.2, -0.15) is 0 Å². The van der Waals surface area contributed by atoms with Gasteiger partial charge in [-0.1, -0.05) is 20.3 Å². The van der Waals surface area contributed by atoms with Crippen LogP contribution in [0.3, 0.4) is 0 Å². The summed E-state index contributed by atoms with van der Waals surface area (Å²) in [6, 6.07) is -0.135. The number of carboxylic acid groups (broad SMARTS) is 1. The fourth-order valence-corrected chi connectivity index (χ4v) is 2.37. The van der Waals surface area contributed by atoms with Gasteiger partial charge in [0.25, 0.3) is 0 Å². The molecular formula is C13H24N2O3. The Balaban J connectivity index is 2.32. The van der Waals surface area contributed by atoms with Crippen molar-refractivity contribution >= 4 is 11.9 Å². The van der Waals surface area contributed by atoms with Crippen LogP contribution in [0.5, 0.6) is 0 Å². The van der Waals surface area contributed by atoms with E-state index in [1.807, 2.05) is 13.8 Å². The average Bonchev–Trinajstić information content (AvgIpc) is 2.74. The fraction of sp³-hybridized carbons (Fsp3) is 0.846. The molecule has 0 spiro atoms. The highest BCUT2D eigenvalue weighted by Gasteiger charge is 2.32. The van der Waals surface area contributed by atoms with Gasteiger partial charge in [-0.25, -0.2) is 0 Å². The second-order valence-corrected chi connectivity index (χ2v) is 5.55. The van der Waals surface area contributed by atoms with Crippen LogP contribution in [-0.4, -0.2) is 29.6 Å². The van der Waals surface area contributed by atoms with E-state index in [0.717, 1.165) is 19.3 Å². The highest BCUT2D eigenvalue weighted by atomic mass is 16.4. The Morgan fingerprint density at radius 3 is 2.61 bits per heavy atom. The molecule has 0 aromatic heterocycles. The third-order valence-corrected chi connectivity index (χ3v) is 3.82. The van der Waals surface area contributed by atoms with Crippen molar-refractivity contribution in [1.82, 2.24) is 5.32 Å². The van der Waals surface area contributed by atoms with Gasteiger partial charge < -0.3 is 16.2 Å². The van der Waals surface area contributed by atoms with E-state index in [1.165, 1.54) is 0 Å². The van der Waals surface area contributed by atoms with E-state index < -0.39 is 5.97 Å². The van der Waals surface area contributed by atoms with Crippen molar-refractivity contribution in [2.45, 2.75) is 45.6 Å². The molecule has 0 radical (unpaired) electrons. The molecule has 0 aromatic carbocycles. The number of hydrogen-bond acceptors (Lipinski definition) is 3. The molecule has 0 heterocycles. The molecule has 1 aliphatic carbocycles. The zero-order valence-electron chi connectivity index (χ0n) is 11.2. The molecular weight excluding hydrogens is 232 g/mol. The van der Waals surface area contributed by atoms with Crippen molar-refractivity contribution in [1.29, 1.82) is 0 Å². The number of rotatable bonds is 6. The predicted molar refractivity (Wildman–Crippen MR) is 68.9 cm³/mol. The molecule has 0 saturated heterocycles. The number of nitrogens with one attached hydrogen (secondary N) is 1. The lowest BCUT2D eigenvalue weighted by molar-refractivity contribution is -0.143. The van der Waals surface area contributed by atoms with Crippen LogP contribution in [0.1, 0.15) is 39.5 Å². The minimum absolute atomic E-state index is 0.0710. The van der Waals surface area contributed by atoms with Gasteiger partial charge in [0, 0.05) is 19.0 Å². The maximum atomic E-state index is 11.7. The van der Waals surface area contributed by atoms with E-state index in [0.29, 0.717) is 13.0 Å². The summed E-state index contributed by atoms with van der Waals surface area (Å²) in [6.45, 7) is 4.42. The van der Waals surface area contributed by atoms with Crippen molar-refractivity contribution < 1.29 is 14.7 Å². The molecule has 18 heavy (non-hydrogen) atoms. The Bertz CT molecular complexity index is 305. The largest absolute Gasteiger partial charge is 0.481 e. The van der Waals surface area contributed by atoms with Crippen LogP contribution in [0.15, 0.2) is 0 Å².